The molecule has 0 saturated carbocycles. The molecule has 0 amide bonds. The lowest BCUT2D eigenvalue weighted by Crippen LogP contribution is -1.84. The van der Waals surface area contributed by atoms with E-state index in [1.807, 2.05) is 22.9 Å². The highest BCUT2D eigenvalue weighted by molar-refractivity contribution is 7.26. The lowest BCUT2D eigenvalue weighted by atomic mass is 10.3. The van der Waals surface area contributed by atoms with Crippen molar-refractivity contribution in [2.75, 3.05) is 21.3 Å². The maximum Gasteiger partial charge on any atom is 0.139 e. The van der Waals surface area contributed by atoms with Gasteiger partial charge in [0.1, 0.15) is 17.2 Å². The average molecular weight is 338 g/mol. The maximum absolute atomic E-state index is 5.54. The second-order valence-electron chi connectivity index (χ2n) is 4.18. The van der Waals surface area contributed by atoms with Gasteiger partial charge < -0.3 is 14.2 Å². The second kappa shape index (κ2) is 6.09. The number of methoxy groups -OCH3 is 3. The number of rotatable bonds is 5. The Bertz CT molecular complexity index is 739. The van der Waals surface area contributed by atoms with Crippen LogP contribution in [-0.2, 0) is 0 Å². The van der Waals surface area contributed by atoms with Gasteiger partial charge in [-0.15, -0.1) is 34.0 Å². The minimum absolute atomic E-state index is 0.878. The van der Waals surface area contributed by atoms with Crippen LogP contribution in [0.5, 0.6) is 17.2 Å². The van der Waals surface area contributed by atoms with Crippen molar-refractivity contribution in [2.45, 2.75) is 0 Å². The third-order valence-corrected chi connectivity index (χ3v) is 6.31. The molecule has 0 saturated heterocycles. The van der Waals surface area contributed by atoms with Gasteiger partial charge in [-0.3, -0.25) is 0 Å². The van der Waals surface area contributed by atoms with Gasteiger partial charge in [-0.25, -0.2) is 0 Å². The minimum atomic E-state index is 0.878. The number of hydrogen-bond acceptors (Lipinski definition) is 6. The summed E-state index contributed by atoms with van der Waals surface area (Å²) < 4.78 is 16.2. The van der Waals surface area contributed by atoms with Crippen LogP contribution in [0, 0.1) is 0 Å². The van der Waals surface area contributed by atoms with E-state index in [9.17, 15) is 0 Å². The summed E-state index contributed by atoms with van der Waals surface area (Å²) in [5.41, 5.74) is 0. The van der Waals surface area contributed by atoms with Crippen LogP contribution in [0.3, 0.4) is 0 Å². The molecule has 110 valence electrons. The minimum Gasteiger partial charge on any atom is -0.496 e. The van der Waals surface area contributed by atoms with Crippen LogP contribution < -0.4 is 14.2 Å². The zero-order valence-electron chi connectivity index (χ0n) is 11.8. The lowest BCUT2D eigenvalue weighted by molar-refractivity contribution is 0.413. The number of thiophene rings is 3. The van der Waals surface area contributed by atoms with Crippen molar-refractivity contribution in [1.82, 2.24) is 0 Å². The molecule has 0 atom stereocenters. The van der Waals surface area contributed by atoms with E-state index in [4.69, 9.17) is 14.2 Å². The third-order valence-electron chi connectivity index (χ3n) is 3.03. The second-order valence-corrected chi connectivity index (χ2v) is 7.06. The largest absolute Gasteiger partial charge is 0.496 e. The molecule has 0 fully saturated rings. The van der Waals surface area contributed by atoms with E-state index >= 15 is 0 Å². The first-order valence-electron chi connectivity index (χ1n) is 6.19. The Morgan fingerprint density at radius 3 is 2.29 bits per heavy atom. The van der Waals surface area contributed by atoms with Gasteiger partial charge >= 0.3 is 0 Å². The van der Waals surface area contributed by atoms with Crippen LogP contribution in [0.15, 0.2) is 29.0 Å². The first kappa shape index (κ1) is 14.4. The molecule has 3 aromatic heterocycles. The molecule has 0 unspecified atom stereocenters. The topological polar surface area (TPSA) is 27.7 Å². The molecule has 6 heteroatoms. The average Bonchev–Trinajstić information content (AvgIpc) is 3.23. The van der Waals surface area contributed by atoms with Crippen molar-refractivity contribution in [3.63, 3.8) is 0 Å². The van der Waals surface area contributed by atoms with Gasteiger partial charge in [0.15, 0.2) is 0 Å². The van der Waals surface area contributed by atoms with E-state index in [0.717, 1.165) is 27.0 Å². The maximum atomic E-state index is 5.54. The quantitative estimate of drug-likeness (QED) is 0.637. The van der Waals surface area contributed by atoms with Crippen LogP contribution in [0.2, 0.25) is 0 Å². The predicted molar refractivity (Wildman–Crippen MR) is 90.6 cm³/mol. The Kier molecular flexibility index (Phi) is 4.19. The fourth-order valence-electron chi connectivity index (χ4n) is 1.98. The summed E-state index contributed by atoms with van der Waals surface area (Å²) in [6.07, 6.45) is 0. The zero-order valence-corrected chi connectivity index (χ0v) is 14.3. The summed E-state index contributed by atoms with van der Waals surface area (Å²) in [5, 5.41) is 4.04. The number of ether oxygens (including phenoxy) is 3. The highest BCUT2D eigenvalue weighted by Crippen LogP contribution is 2.49. The first-order valence-corrected chi connectivity index (χ1v) is 8.77. The normalized spacial score (nSPS) is 10.6. The SMILES string of the molecule is COc1csc(-c2cc(OC)c(-c3sccc3OC)s2)c1. The van der Waals surface area contributed by atoms with Gasteiger partial charge in [0.25, 0.3) is 0 Å². The van der Waals surface area contributed by atoms with Crippen molar-refractivity contribution in [2.24, 2.45) is 0 Å². The van der Waals surface area contributed by atoms with Gasteiger partial charge in [0, 0.05) is 21.2 Å². The molecule has 0 bridgehead atoms. The Balaban J connectivity index is 2.06. The smallest absolute Gasteiger partial charge is 0.139 e. The Labute approximate surface area is 135 Å². The molecule has 3 rings (SSSR count). The van der Waals surface area contributed by atoms with Gasteiger partial charge in [0.05, 0.1) is 31.1 Å². The van der Waals surface area contributed by atoms with Crippen molar-refractivity contribution in [3.8, 4) is 36.8 Å². The molecule has 0 radical (unpaired) electrons. The molecular weight excluding hydrogens is 324 g/mol. The Morgan fingerprint density at radius 2 is 1.62 bits per heavy atom. The summed E-state index contributed by atoms with van der Waals surface area (Å²) in [5.74, 6) is 2.65. The summed E-state index contributed by atoms with van der Waals surface area (Å²) >= 11 is 5.04. The highest BCUT2D eigenvalue weighted by atomic mass is 32.1. The number of hydrogen-bond donors (Lipinski definition) is 0. The van der Waals surface area contributed by atoms with Crippen molar-refractivity contribution < 1.29 is 14.2 Å². The molecule has 0 aliphatic heterocycles. The lowest BCUT2D eigenvalue weighted by Gasteiger charge is -2.02. The molecule has 3 heterocycles. The van der Waals surface area contributed by atoms with E-state index in [2.05, 4.69) is 6.07 Å². The van der Waals surface area contributed by atoms with Gasteiger partial charge in [-0.1, -0.05) is 0 Å². The highest BCUT2D eigenvalue weighted by Gasteiger charge is 2.18. The zero-order chi connectivity index (χ0) is 14.8. The van der Waals surface area contributed by atoms with Gasteiger partial charge in [-0.2, -0.15) is 0 Å². The Hall–Kier alpha value is -1.50. The predicted octanol–water partition coefficient (Wildman–Crippen LogP) is 5.23. The van der Waals surface area contributed by atoms with E-state index < -0.39 is 0 Å². The fourth-order valence-corrected chi connectivity index (χ4v) is 5.07. The molecule has 0 aliphatic carbocycles. The molecule has 3 aromatic rings. The molecule has 0 aromatic carbocycles. The van der Waals surface area contributed by atoms with Crippen LogP contribution in [-0.4, -0.2) is 21.3 Å². The summed E-state index contributed by atoms with van der Waals surface area (Å²) in [6.45, 7) is 0. The van der Waals surface area contributed by atoms with Gasteiger partial charge in [0.2, 0.25) is 0 Å². The van der Waals surface area contributed by atoms with E-state index in [1.165, 1.54) is 9.75 Å². The van der Waals surface area contributed by atoms with E-state index in [1.54, 1.807) is 55.3 Å². The van der Waals surface area contributed by atoms with Crippen molar-refractivity contribution in [3.05, 3.63) is 29.0 Å². The third kappa shape index (κ3) is 2.66. The van der Waals surface area contributed by atoms with Gasteiger partial charge in [-0.05, 0) is 17.5 Å². The van der Waals surface area contributed by atoms with Crippen molar-refractivity contribution >= 4 is 34.0 Å². The standard InChI is InChI=1S/C15H14O3S3/c1-16-9-6-12(20-8-9)13-7-11(18-3)15(21-13)14-10(17-2)4-5-19-14/h4-8H,1-3H3. The van der Waals surface area contributed by atoms with Crippen LogP contribution in [0.25, 0.3) is 19.5 Å². The van der Waals surface area contributed by atoms with Crippen LogP contribution in [0.1, 0.15) is 0 Å². The van der Waals surface area contributed by atoms with Crippen molar-refractivity contribution in [1.29, 1.82) is 0 Å². The Morgan fingerprint density at radius 1 is 0.810 bits per heavy atom. The fraction of sp³-hybridized carbons (Fsp3) is 0.200. The molecule has 21 heavy (non-hydrogen) atoms. The summed E-state index contributed by atoms with van der Waals surface area (Å²) in [6, 6.07) is 6.10. The molecular formula is C15H14O3S3. The monoisotopic (exact) mass is 338 g/mol. The van der Waals surface area contributed by atoms with E-state index in [-0.39, 0.29) is 0 Å². The molecule has 0 aliphatic rings. The molecule has 0 spiro atoms. The molecule has 0 N–H and O–H groups in total. The van der Waals surface area contributed by atoms with Crippen LogP contribution in [0.4, 0.5) is 0 Å². The van der Waals surface area contributed by atoms with E-state index in [0.29, 0.717) is 0 Å². The molecule has 3 nitrogen and oxygen atoms in total. The summed E-state index contributed by atoms with van der Waals surface area (Å²) in [7, 11) is 5.07. The summed E-state index contributed by atoms with van der Waals surface area (Å²) in [4.78, 5) is 4.56. The first-order chi connectivity index (χ1) is 10.3. The van der Waals surface area contributed by atoms with Crippen LogP contribution >= 0.6 is 34.0 Å².